The summed E-state index contributed by atoms with van der Waals surface area (Å²) < 4.78 is 16.7. The van der Waals surface area contributed by atoms with Crippen LogP contribution >= 0.6 is 11.6 Å². The minimum absolute atomic E-state index is 0.0879. The first-order chi connectivity index (χ1) is 13.6. The lowest BCUT2D eigenvalue weighted by atomic mass is 10.0. The molecular formula is C22H20ClNO4. The third-order valence-corrected chi connectivity index (χ3v) is 5.07. The molecule has 144 valence electrons. The van der Waals surface area contributed by atoms with Crippen LogP contribution in [0.15, 0.2) is 36.4 Å². The first-order valence-corrected chi connectivity index (χ1v) is 9.59. The summed E-state index contributed by atoms with van der Waals surface area (Å²) in [6.07, 6.45) is 0.645. The lowest BCUT2D eigenvalue weighted by Gasteiger charge is -2.20. The molecule has 0 unspecified atom stereocenters. The molecular weight excluding hydrogens is 378 g/mol. The number of hydrogen-bond acceptors (Lipinski definition) is 5. The van der Waals surface area contributed by atoms with Crippen molar-refractivity contribution >= 4 is 28.5 Å². The molecule has 1 aromatic heterocycles. The number of benzene rings is 2. The number of carbonyl (C=O) groups excluding carboxylic acids is 1. The van der Waals surface area contributed by atoms with Gasteiger partial charge < -0.3 is 14.2 Å². The zero-order valence-corrected chi connectivity index (χ0v) is 16.5. The van der Waals surface area contributed by atoms with E-state index in [-0.39, 0.29) is 6.61 Å². The van der Waals surface area contributed by atoms with Crippen LogP contribution in [0.4, 0.5) is 0 Å². The van der Waals surface area contributed by atoms with Crippen molar-refractivity contribution in [2.45, 2.75) is 26.9 Å². The Labute approximate surface area is 168 Å². The number of carbonyl (C=O) groups is 1. The van der Waals surface area contributed by atoms with E-state index in [0.29, 0.717) is 41.7 Å². The van der Waals surface area contributed by atoms with Crippen LogP contribution in [0.3, 0.4) is 0 Å². The Kier molecular flexibility index (Phi) is 5.09. The first kappa shape index (κ1) is 18.6. The molecule has 0 radical (unpaired) electrons. The van der Waals surface area contributed by atoms with Crippen LogP contribution in [0, 0.1) is 6.92 Å². The minimum atomic E-state index is -0.390. The van der Waals surface area contributed by atoms with Crippen molar-refractivity contribution < 1.29 is 19.0 Å². The molecule has 1 aliphatic heterocycles. The van der Waals surface area contributed by atoms with Crippen LogP contribution in [0.25, 0.3) is 10.9 Å². The molecule has 5 nitrogen and oxygen atoms in total. The number of nitrogens with zero attached hydrogens (tertiary/aromatic N) is 1. The maximum absolute atomic E-state index is 12.9. The molecule has 0 atom stereocenters. The molecule has 0 saturated carbocycles. The molecule has 0 saturated heterocycles. The van der Waals surface area contributed by atoms with Crippen LogP contribution in [0.1, 0.15) is 34.1 Å². The van der Waals surface area contributed by atoms with Gasteiger partial charge in [-0.05, 0) is 42.7 Å². The van der Waals surface area contributed by atoms with Gasteiger partial charge in [-0.1, -0.05) is 36.7 Å². The Morgan fingerprint density at radius 2 is 2.00 bits per heavy atom. The van der Waals surface area contributed by atoms with Crippen molar-refractivity contribution in [2.75, 3.05) is 13.2 Å². The van der Waals surface area contributed by atoms with E-state index in [1.807, 2.05) is 38.1 Å². The normalized spacial score (nSPS) is 12.8. The molecule has 0 N–H and O–H groups in total. The Hall–Kier alpha value is -2.79. The van der Waals surface area contributed by atoms with Gasteiger partial charge in [0.15, 0.2) is 11.5 Å². The second kappa shape index (κ2) is 7.68. The fourth-order valence-corrected chi connectivity index (χ4v) is 3.72. The predicted octanol–water partition coefficient (Wildman–Crippen LogP) is 4.89. The SMILES string of the molecule is CCc1nc2ccccc2c(C)c1C(=O)OCc1cc(Cl)c2c(c1)OCCO2. The van der Waals surface area contributed by atoms with Crippen LogP contribution in [0.5, 0.6) is 11.5 Å². The van der Waals surface area contributed by atoms with E-state index in [4.69, 9.17) is 25.8 Å². The summed E-state index contributed by atoms with van der Waals surface area (Å²) >= 11 is 6.26. The zero-order chi connectivity index (χ0) is 19.7. The maximum atomic E-state index is 12.9. The van der Waals surface area contributed by atoms with Crippen molar-refractivity contribution in [3.05, 3.63) is 63.8 Å². The maximum Gasteiger partial charge on any atom is 0.340 e. The molecule has 2 aromatic carbocycles. The van der Waals surface area contributed by atoms with Gasteiger partial charge in [0, 0.05) is 5.39 Å². The lowest BCUT2D eigenvalue weighted by molar-refractivity contribution is 0.0469. The summed E-state index contributed by atoms with van der Waals surface area (Å²) in [5.74, 6) is 0.715. The number of aromatic nitrogens is 1. The van der Waals surface area contributed by atoms with E-state index in [9.17, 15) is 4.79 Å². The molecule has 28 heavy (non-hydrogen) atoms. The lowest BCUT2D eigenvalue weighted by Crippen LogP contribution is -2.16. The van der Waals surface area contributed by atoms with Crippen LogP contribution in [-0.2, 0) is 17.8 Å². The number of esters is 1. The van der Waals surface area contributed by atoms with Gasteiger partial charge in [0.2, 0.25) is 0 Å². The number of aryl methyl sites for hydroxylation is 2. The van der Waals surface area contributed by atoms with Crippen molar-refractivity contribution in [2.24, 2.45) is 0 Å². The van der Waals surface area contributed by atoms with Crippen molar-refractivity contribution in [3.8, 4) is 11.5 Å². The summed E-state index contributed by atoms with van der Waals surface area (Å²) in [6.45, 7) is 4.93. The van der Waals surface area contributed by atoms with Crippen molar-refractivity contribution in [1.82, 2.24) is 4.98 Å². The molecule has 0 fully saturated rings. The van der Waals surface area contributed by atoms with Crippen LogP contribution in [0.2, 0.25) is 5.02 Å². The fourth-order valence-electron chi connectivity index (χ4n) is 3.44. The molecule has 6 heteroatoms. The third kappa shape index (κ3) is 3.38. The fraction of sp³-hybridized carbons (Fsp3) is 0.273. The molecule has 0 amide bonds. The second-order valence-electron chi connectivity index (χ2n) is 6.61. The van der Waals surface area contributed by atoms with E-state index in [0.717, 1.165) is 27.7 Å². The standard InChI is InChI=1S/C22H20ClNO4/c1-3-17-20(13(2)15-6-4-5-7-18(15)24-17)22(25)28-12-14-10-16(23)21-19(11-14)26-8-9-27-21/h4-7,10-11H,3,8-9,12H2,1-2H3. The van der Waals surface area contributed by atoms with Gasteiger partial charge in [-0.3, -0.25) is 4.98 Å². The van der Waals surface area contributed by atoms with Gasteiger partial charge in [0.25, 0.3) is 0 Å². The predicted molar refractivity (Wildman–Crippen MR) is 107 cm³/mol. The highest BCUT2D eigenvalue weighted by Gasteiger charge is 2.21. The minimum Gasteiger partial charge on any atom is -0.486 e. The number of halogens is 1. The van der Waals surface area contributed by atoms with E-state index in [1.165, 1.54) is 0 Å². The summed E-state index contributed by atoms with van der Waals surface area (Å²) in [5, 5.41) is 1.40. The van der Waals surface area contributed by atoms with E-state index in [1.54, 1.807) is 12.1 Å². The molecule has 4 rings (SSSR count). The number of para-hydroxylation sites is 1. The number of fused-ring (bicyclic) bond motifs is 2. The highest BCUT2D eigenvalue weighted by atomic mass is 35.5. The summed E-state index contributed by atoms with van der Waals surface area (Å²) in [7, 11) is 0. The molecule has 0 bridgehead atoms. The number of ether oxygens (including phenoxy) is 3. The van der Waals surface area contributed by atoms with E-state index >= 15 is 0 Å². The third-order valence-electron chi connectivity index (χ3n) is 4.79. The zero-order valence-electron chi connectivity index (χ0n) is 15.8. The topological polar surface area (TPSA) is 57.7 Å². The largest absolute Gasteiger partial charge is 0.486 e. The molecule has 3 aromatic rings. The number of hydrogen-bond donors (Lipinski definition) is 0. The highest BCUT2D eigenvalue weighted by Crippen LogP contribution is 2.38. The van der Waals surface area contributed by atoms with E-state index < -0.39 is 5.97 Å². The van der Waals surface area contributed by atoms with Crippen molar-refractivity contribution in [1.29, 1.82) is 0 Å². The van der Waals surface area contributed by atoms with Gasteiger partial charge in [0.05, 0.1) is 21.8 Å². The Balaban J connectivity index is 1.61. The summed E-state index contributed by atoms with van der Waals surface area (Å²) in [5.41, 5.74) is 3.78. The number of pyridine rings is 1. The quantitative estimate of drug-likeness (QED) is 0.587. The molecule has 1 aliphatic rings. The van der Waals surface area contributed by atoms with Crippen LogP contribution in [-0.4, -0.2) is 24.2 Å². The molecule has 0 aliphatic carbocycles. The number of rotatable bonds is 4. The average molecular weight is 398 g/mol. The van der Waals surface area contributed by atoms with Crippen molar-refractivity contribution in [3.63, 3.8) is 0 Å². The first-order valence-electron chi connectivity index (χ1n) is 9.21. The smallest absolute Gasteiger partial charge is 0.340 e. The highest BCUT2D eigenvalue weighted by molar-refractivity contribution is 6.32. The second-order valence-corrected chi connectivity index (χ2v) is 7.01. The molecule has 0 spiro atoms. The monoisotopic (exact) mass is 397 g/mol. The Bertz CT molecular complexity index is 1060. The van der Waals surface area contributed by atoms with E-state index in [2.05, 4.69) is 4.98 Å². The summed E-state index contributed by atoms with van der Waals surface area (Å²) in [4.78, 5) is 17.5. The summed E-state index contributed by atoms with van der Waals surface area (Å²) in [6, 6.07) is 11.3. The molecule has 2 heterocycles. The Morgan fingerprint density at radius 3 is 2.82 bits per heavy atom. The van der Waals surface area contributed by atoms with Gasteiger partial charge in [0.1, 0.15) is 19.8 Å². The van der Waals surface area contributed by atoms with Gasteiger partial charge in [-0.15, -0.1) is 0 Å². The van der Waals surface area contributed by atoms with Gasteiger partial charge in [-0.2, -0.15) is 0 Å². The van der Waals surface area contributed by atoms with Gasteiger partial charge in [-0.25, -0.2) is 4.79 Å². The van der Waals surface area contributed by atoms with Crippen LogP contribution < -0.4 is 9.47 Å². The van der Waals surface area contributed by atoms with Gasteiger partial charge >= 0.3 is 5.97 Å². The Morgan fingerprint density at radius 1 is 1.21 bits per heavy atom. The average Bonchev–Trinajstić information content (AvgIpc) is 2.72.